The van der Waals surface area contributed by atoms with Gasteiger partial charge < -0.3 is 10.1 Å². The van der Waals surface area contributed by atoms with Crippen LogP contribution in [0.4, 0.5) is 5.69 Å². The molecule has 0 unspecified atom stereocenters. The molecule has 1 heterocycles. The lowest BCUT2D eigenvalue weighted by Gasteiger charge is -2.34. The van der Waals surface area contributed by atoms with Crippen molar-refractivity contribution in [3.63, 3.8) is 0 Å². The SMILES string of the molecule is CCOC(=O)c1ccccc1NC(=O)CN1CCN(Cc2ccccc2)CC1. The van der Waals surface area contributed by atoms with Crippen LogP contribution in [0.15, 0.2) is 54.6 Å². The smallest absolute Gasteiger partial charge is 0.340 e. The Morgan fingerprint density at radius 1 is 0.929 bits per heavy atom. The minimum Gasteiger partial charge on any atom is -0.462 e. The molecule has 0 atom stereocenters. The first-order chi connectivity index (χ1) is 13.7. The summed E-state index contributed by atoms with van der Waals surface area (Å²) < 4.78 is 5.05. The Labute approximate surface area is 166 Å². The third-order valence-electron chi connectivity index (χ3n) is 4.78. The predicted molar refractivity (Wildman–Crippen MR) is 109 cm³/mol. The molecule has 0 aliphatic carbocycles. The summed E-state index contributed by atoms with van der Waals surface area (Å²) in [6, 6.07) is 17.4. The maximum Gasteiger partial charge on any atom is 0.340 e. The predicted octanol–water partition coefficient (Wildman–Crippen LogP) is 2.62. The van der Waals surface area contributed by atoms with E-state index in [1.807, 2.05) is 6.07 Å². The van der Waals surface area contributed by atoms with E-state index in [2.05, 4.69) is 39.4 Å². The van der Waals surface area contributed by atoms with Crippen LogP contribution in [0.2, 0.25) is 0 Å². The van der Waals surface area contributed by atoms with Crippen LogP contribution < -0.4 is 5.32 Å². The molecule has 0 radical (unpaired) electrons. The molecule has 0 bridgehead atoms. The number of nitrogens with zero attached hydrogens (tertiary/aromatic N) is 2. The molecule has 0 spiro atoms. The molecule has 1 saturated heterocycles. The van der Waals surface area contributed by atoms with Gasteiger partial charge in [-0.1, -0.05) is 42.5 Å². The number of hydrogen-bond donors (Lipinski definition) is 1. The van der Waals surface area contributed by atoms with Crippen molar-refractivity contribution in [3.8, 4) is 0 Å². The molecule has 1 aliphatic heterocycles. The van der Waals surface area contributed by atoms with Gasteiger partial charge in [0.1, 0.15) is 0 Å². The van der Waals surface area contributed by atoms with E-state index in [1.165, 1.54) is 5.56 Å². The molecule has 6 heteroatoms. The number of rotatable bonds is 7. The fourth-order valence-corrected chi connectivity index (χ4v) is 3.32. The molecule has 2 aromatic rings. The van der Waals surface area contributed by atoms with Gasteiger partial charge in [-0.15, -0.1) is 0 Å². The minimum absolute atomic E-state index is 0.117. The van der Waals surface area contributed by atoms with Crippen molar-refractivity contribution in [2.45, 2.75) is 13.5 Å². The minimum atomic E-state index is -0.423. The number of carbonyl (C=O) groups excluding carboxylic acids is 2. The van der Waals surface area contributed by atoms with Gasteiger partial charge in [-0.2, -0.15) is 0 Å². The second kappa shape index (κ2) is 10.0. The van der Waals surface area contributed by atoms with E-state index in [4.69, 9.17) is 4.74 Å². The Balaban J connectivity index is 1.48. The molecule has 148 valence electrons. The third kappa shape index (κ3) is 5.65. The molecule has 1 aliphatic rings. The molecule has 2 aromatic carbocycles. The Bertz CT molecular complexity index is 787. The van der Waals surface area contributed by atoms with Crippen molar-refractivity contribution < 1.29 is 14.3 Å². The highest BCUT2D eigenvalue weighted by Gasteiger charge is 2.20. The normalized spacial score (nSPS) is 15.2. The zero-order chi connectivity index (χ0) is 19.8. The number of esters is 1. The summed E-state index contributed by atoms with van der Waals surface area (Å²) in [6.07, 6.45) is 0. The zero-order valence-electron chi connectivity index (χ0n) is 16.3. The number of ether oxygens (including phenoxy) is 1. The monoisotopic (exact) mass is 381 g/mol. The first kappa shape index (κ1) is 20.0. The highest BCUT2D eigenvalue weighted by atomic mass is 16.5. The highest BCUT2D eigenvalue weighted by Crippen LogP contribution is 2.16. The summed E-state index contributed by atoms with van der Waals surface area (Å²) in [7, 11) is 0. The van der Waals surface area contributed by atoms with E-state index in [1.54, 1.807) is 31.2 Å². The van der Waals surface area contributed by atoms with E-state index in [0.29, 0.717) is 24.4 Å². The molecule has 1 N–H and O–H groups in total. The number of amides is 1. The number of piperazine rings is 1. The van der Waals surface area contributed by atoms with Gasteiger partial charge in [-0.25, -0.2) is 4.79 Å². The lowest BCUT2D eigenvalue weighted by Crippen LogP contribution is -2.48. The van der Waals surface area contributed by atoms with Crippen LogP contribution in [-0.4, -0.2) is 61.0 Å². The number of carbonyl (C=O) groups is 2. The lowest BCUT2D eigenvalue weighted by molar-refractivity contribution is -0.117. The van der Waals surface area contributed by atoms with E-state index < -0.39 is 5.97 Å². The van der Waals surface area contributed by atoms with Crippen LogP contribution in [0.5, 0.6) is 0 Å². The van der Waals surface area contributed by atoms with E-state index in [-0.39, 0.29) is 5.91 Å². The fourth-order valence-electron chi connectivity index (χ4n) is 3.32. The molecule has 3 rings (SSSR count). The Morgan fingerprint density at radius 3 is 2.29 bits per heavy atom. The molecule has 6 nitrogen and oxygen atoms in total. The summed E-state index contributed by atoms with van der Waals surface area (Å²) in [5.41, 5.74) is 2.18. The second-order valence-electron chi connectivity index (χ2n) is 6.85. The van der Waals surface area contributed by atoms with Gasteiger partial charge in [0, 0.05) is 32.7 Å². The highest BCUT2D eigenvalue weighted by molar-refractivity contribution is 6.01. The Kier molecular flexibility index (Phi) is 7.17. The van der Waals surface area contributed by atoms with E-state index in [0.717, 1.165) is 32.7 Å². The summed E-state index contributed by atoms with van der Waals surface area (Å²) >= 11 is 0. The van der Waals surface area contributed by atoms with Crippen LogP contribution >= 0.6 is 0 Å². The maximum atomic E-state index is 12.5. The van der Waals surface area contributed by atoms with Crippen molar-refractivity contribution in [3.05, 3.63) is 65.7 Å². The topological polar surface area (TPSA) is 61.9 Å². The molecule has 28 heavy (non-hydrogen) atoms. The average Bonchev–Trinajstić information content (AvgIpc) is 2.71. The average molecular weight is 381 g/mol. The summed E-state index contributed by atoms with van der Waals surface area (Å²) in [5.74, 6) is -0.541. The largest absolute Gasteiger partial charge is 0.462 e. The summed E-state index contributed by atoms with van der Waals surface area (Å²) in [5, 5.41) is 2.85. The summed E-state index contributed by atoms with van der Waals surface area (Å²) in [4.78, 5) is 29.0. The first-order valence-corrected chi connectivity index (χ1v) is 9.70. The van der Waals surface area contributed by atoms with Gasteiger partial charge in [0.05, 0.1) is 24.4 Å². The van der Waals surface area contributed by atoms with Gasteiger partial charge in [0.25, 0.3) is 0 Å². The van der Waals surface area contributed by atoms with E-state index >= 15 is 0 Å². The molecular formula is C22H27N3O3. The van der Waals surface area contributed by atoms with Crippen LogP contribution in [0, 0.1) is 0 Å². The fraction of sp³-hybridized carbons (Fsp3) is 0.364. The zero-order valence-corrected chi connectivity index (χ0v) is 16.3. The number of hydrogen-bond acceptors (Lipinski definition) is 5. The number of benzene rings is 2. The van der Waals surface area contributed by atoms with E-state index in [9.17, 15) is 9.59 Å². The molecule has 1 fully saturated rings. The lowest BCUT2D eigenvalue weighted by atomic mass is 10.1. The second-order valence-corrected chi connectivity index (χ2v) is 6.85. The molecule has 0 saturated carbocycles. The van der Waals surface area contributed by atoms with Crippen molar-refractivity contribution in [2.75, 3.05) is 44.6 Å². The number of para-hydroxylation sites is 1. The number of anilines is 1. The van der Waals surface area contributed by atoms with Gasteiger partial charge in [-0.3, -0.25) is 14.6 Å². The van der Waals surface area contributed by atoms with Gasteiger partial charge in [0.15, 0.2) is 0 Å². The van der Waals surface area contributed by atoms with Gasteiger partial charge in [-0.05, 0) is 24.6 Å². The molecule has 0 aromatic heterocycles. The Morgan fingerprint density at radius 2 is 1.57 bits per heavy atom. The quantitative estimate of drug-likeness (QED) is 0.747. The maximum absolute atomic E-state index is 12.5. The summed E-state index contributed by atoms with van der Waals surface area (Å²) in [6.45, 7) is 6.87. The van der Waals surface area contributed by atoms with Crippen molar-refractivity contribution in [1.29, 1.82) is 0 Å². The Hall–Kier alpha value is -2.70. The molecular weight excluding hydrogens is 354 g/mol. The van der Waals surface area contributed by atoms with Crippen molar-refractivity contribution in [1.82, 2.24) is 9.80 Å². The number of nitrogens with one attached hydrogen (secondary N) is 1. The van der Waals surface area contributed by atoms with Crippen LogP contribution in [0.3, 0.4) is 0 Å². The van der Waals surface area contributed by atoms with Crippen LogP contribution in [0.25, 0.3) is 0 Å². The van der Waals surface area contributed by atoms with Gasteiger partial charge in [0.2, 0.25) is 5.91 Å². The van der Waals surface area contributed by atoms with Crippen LogP contribution in [0.1, 0.15) is 22.8 Å². The van der Waals surface area contributed by atoms with Gasteiger partial charge >= 0.3 is 5.97 Å². The van der Waals surface area contributed by atoms with Crippen LogP contribution in [-0.2, 0) is 16.1 Å². The standard InChI is InChI=1S/C22H27N3O3/c1-2-28-22(27)19-10-6-7-11-20(19)23-21(26)17-25-14-12-24(13-15-25)16-18-8-4-3-5-9-18/h3-11H,2,12-17H2,1H3,(H,23,26). The molecule has 1 amide bonds. The van der Waals surface area contributed by atoms with Crippen molar-refractivity contribution in [2.24, 2.45) is 0 Å². The first-order valence-electron chi connectivity index (χ1n) is 9.70. The third-order valence-corrected chi connectivity index (χ3v) is 4.78. The van der Waals surface area contributed by atoms with Crippen molar-refractivity contribution >= 4 is 17.6 Å².